The summed E-state index contributed by atoms with van der Waals surface area (Å²) in [6.45, 7) is 7.93. The number of thiazole rings is 1. The lowest BCUT2D eigenvalue weighted by Crippen LogP contribution is -2.13. The Kier molecular flexibility index (Phi) is 5.05. The molecule has 0 bridgehead atoms. The number of nitrogens with zero attached hydrogens (tertiary/aromatic N) is 3. The summed E-state index contributed by atoms with van der Waals surface area (Å²) in [6.07, 6.45) is 3.86. The Morgan fingerprint density at radius 1 is 1.41 bits per heavy atom. The smallest absolute Gasteiger partial charge is 0.274 e. The maximum absolute atomic E-state index is 12.8. The number of Topliss-reactive ketones (excluding diaryl/α,β-unsaturated/α-hetero) is 1. The predicted molar refractivity (Wildman–Crippen MR) is 114 cm³/mol. The van der Waals surface area contributed by atoms with Crippen LogP contribution in [-0.2, 0) is 13.0 Å². The molecule has 3 aromatic rings. The van der Waals surface area contributed by atoms with Crippen LogP contribution in [0.3, 0.4) is 0 Å². The summed E-state index contributed by atoms with van der Waals surface area (Å²) in [5.74, 6) is 0.439. The van der Waals surface area contributed by atoms with Gasteiger partial charge in [0, 0.05) is 24.2 Å². The van der Waals surface area contributed by atoms with Crippen LogP contribution in [0, 0.1) is 18.6 Å². The molecular weight excluding hydrogens is 408 g/mol. The third kappa shape index (κ3) is 3.38. The lowest BCUT2D eigenvalue weighted by Gasteiger charge is -2.09. The Bertz CT molecular complexity index is 1200. The maximum Gasteiger partial charge on any atom is 0.274 e. The van der Waals surface area contributed by atoms with Gasteiger partial charge in [0.05, 0.1) is 10.6 Å². The molecule has 3 aromatic heterocycles. The van der Waals surface area contributed by atoms with Gasteiger partial charge in [0.2, 0.25) is 0 Å². The van der Waals surface area contributed by atoms with E-state index in [2.05, 4.69) is 32.1 Å². The number of amides is 1. The normalized spacial score (nSPS) is 13.4. The second-order valence-electron chi connectivity index (χ2n) is 6.89. The van der Waals surface area contributed by atoms with Crippen molar-refractivity contribution in [3.8, 4) is 10.7 Å². The molecule has 1 aliphatic rings. The van der Waals surface area contributed by atoms with E-state index in [1.165, 1.54) is 11.3 Å². The number of carbonyl (C=O) groups excluding carboxylic acids is 2. The van der Waals surface area contributed by atoms with Crippen molar-refractivity contribution in [2.45, 2.75) is 39.7 Å². The molecule has 0 unspecified atom stereocenters. The van der Waals surface area contributed by atoms with Gasteiger partial charge in [-0.05, 0) is 44.5 Å². The lowest BCUT2D eigenvalue weighted by atomic mass is 9.94. The monoisotopic (exact) mass is 428 g/mol. The van der Waals surface area contributed by atoms with Gasteiger partial charge in [-0.15, -0.1) is 6.58 Å². The Balaban J connectivity index is 1.63. The van der Waals surface area contributed by atoms with Gasteiger partial charge >= 0.3 is 0 Å². The number of carbonyl (C=O) groups is 2. The summed E-state index contributed by atoms with van der Waals surface area (Å²) in [4.78, 5) is 33.5. The molecule has 150 valence electrons. The van der Waals surface area contributed by atoms with E-state index in [9.17, 15) is 9.59 Å². The van der Waals surface area contributed by atoms with Crippen molar-refractivity contribution in [1.29, 1.82) is 0 Å². The number of hydrogen-bond acceptors (Lipinski definition) is 6. The molecule has 1 aliphatic carbocycles. The van der Waals surface area contributed by atoms with Crippen LogP contribution in [0.25, 0.3) is 10.7 Å². The minimum absolute atomic E-state index is 0.0939. The van der Waals surface area contributed by atoms with Crippen LogP contribution in [0.2, 0.25) is 0 Å². The number of fused-ring (bicyclic) bond motifs is 1. The van der Waals surface area contributed by atoms with Crippen molar-refractivity contribution in [2.24, 2.45) is 0 Å². The number of aryl methyl sites for hydroxylation is 2. The molecule has 0 atom stereocenters. The highest BCUT2D eigenvalue weighted by atomic mass is 32.1. The van der Waals surface area contributed by atoms with Crippen LogP contribution in [0.5, 0.6) is 0 Å². The summed E-state index contributed by atoms with van der Waals surface area (Å²) < 4.78 is 2.32. The first kappa shape index (κ1) is 19.5. The number of rotatable bonds is 5. The van der Waals surface area contributed by atoms with Crippen molar-refractivity contribution in [1.82, 2.24) is 24.7 Å². The van der Waals surface area contributed by atoms with Crippen LogP contribution in [0.15, 0.2) is 12.7 Å². The molecule has 0 aromatic carbocycles. The molecule has 0 saturated carbocycles. The minimum Gasteiger partial charge on any atom is -0.354 e. The molecule has 8 nitrogen and oxygen atoms in total. The Labute approximate surface area is 176 Å². The zero-order valence-electron chi connectivity index (χ0n) is 16.1. The number of anilines is 1. The molecule has 0 aliphatic heterocycles. The molecule has 3 heterocycles. The van der Waals surface area contributed by atoms with Gasteiger partial charge in [0.15, 0.2) is 21.5 Å². The lowest BCUT2D eigenvalue weighted by molar-refractivity contribution is 0.0971. The third-order valence-corrected chi connectivity index (χ3v) is 6.33. The number of hydrogen-bond donors (Lipinski definition) is 3. The van der Waals surface area contributed by atoms with E-state index in [1.54, 1.807) is 13.0 Å². The van der Waals surface area contributed by atoms with Crippen molar-refractivity contribution >= 4 is 40.4 Å². The van der Waals surface area contributed by atoms with Gasteiger partial charge in [-0.2, -0.15) is 5.10 Å². The molecule has 3 N–H and O–H groups in total. The first-order valence-corrected chi connectivity index (χ1v) is 10.4. The first-order chi connectivity index (χ1) is 13.9. The van der Waals surface area contributed by atoms with Crippen molar-refractivity contribution in [2.75, 3.05) is 5.32 Å². The molecule has 29 heavy (non-hydrogen) atoms. The van der Waals surface area contributed by atoms with Gasteiger partial charge in [0.1, 0.15) is 5.69 Å². The predicted octanol–water partition coefficient (Wildman–Crippen LogP) is 3.97. The van der Waals surface area contributed by atoms with Crippen LogP contribution < -0.4 is 5.32 Å². The highest BCUT2D eigenvalue weighted by molar-refractivity contribution is 7.71. The molecular formula is C19H20N6O2S2. The van der Waals surface area contributed by atoms with Crippen LogP contribution >= 0.6 is 23.6 Å². The highest BCUT2D eigenvalue weighted by Gasteiger charge is 2.27. The second kappa shape index (κ2) is 7.53. The van der Waals surface area contributed by atoms with Gasteiger partial charge in [-0.3, -0.25) is 24.6 Å². The average Bonchev–Trinajstić information content (AvgIpc) is 3.32. The van der Waals surface area contributed by atoms with E-state index in [4.69, 9.17) is 12.2 Å². The second-order valence-corrected chi connectivity index (χ2v) is 8.28. The number of aromatic amines is 2. The van der Waals surface area contributed by atoms with Gasteiger partial charge in [-0.25, -0.2) is 4.98 Å². The summed E-state index contributed by atoms with van der Waals surface area (Å²) in [5, 5.41) is 10.4. The fraction of sp³-hybridized carbons (Fsp3) is 0.316. The Morgan fingerprint density at radius 3 is 2.93 bits per heavy atom. The molecule has 0 spiro atoms. The van der Waals surface area contributed by atoms with Crippen LogP contribution in [0.1, 0.15) is 50.6 Å². The molecule has 4 rings (SSSR count). The SMILES string of the molecule is C=CCn1c(-c2sc(NC(=O)c3[nH]c4c(c3C)C(=O)CCC4)nc2C)n[nH]c1=S. The summed E-state index contributed by atoms with van der Waals surface area (Å²) in [7, 11) is 0. The number of allylic oxidation sites excluding steroid dienone is 1. The van der Waals surface area contributed by atoms with Gasteiger partial charge < -0.3 is 4.98 Å². The van der Waals surface area contributed by atoms with Crippen LogP contribution in [-0.4, -0.2) is 36.4 Å². The van der Waals surface area contributed by atoms with E-state index in [0.29, 0.717) is 45.5 Å². The number of H-pyrrole nitrogens is 2. The zero-order valence-corrected chi connectivity index (χ0v) is 17.7. The summed E-state index contributed by atoms with van der Waals surface area (Å²) >= 11 is 6.59. The molecule has 1 amide bonds. The fourth-order valence-corrected chi connectivity index (χ4v) is 4.77. The molecule has 10 heteroatoms. The van der Waals surface area contributed by atoms with Crippen LogP contribution in [0.4, 0.5) is 5.13 Å². The van der Waals surface area contributed by atoms with Gasteiger partial charge in [-0.1, -0.05) is 17.4 Å². The fourth-order valence-electron chi connectivity index (χ4n) is 3.61. The quantitative estimate of drug-likeness (QED) is 0.421. The largest absolute Gasteiger partial charge is 0.354 e. The number of ketones is 1. The van der Waals surface area contributed by atoms with E-state index in [1.807, 2.05) is 11.5 Å². The Morgan fingerprint density at radius 2 is 2.21 bits per heavy atom. The standard InChI is InChI=1S/C19H20N6O2S2/c1-4-8-25-16(23-24-19(25)28)15-10(3)20-18(29-15)22-17(27)14-9(2)13-11(21-14)6-5-7-12(13)26/h4,21H,1,5-8H2,2-3H3,(H,24,28)(H,20,22,27). The summed E-state index contributed by atoms with van der Waals surface area (Å²) in [5.41, 5.74) is 3.36. The maximum atomic E-state index is 12.8. The summed E-state index contributed by atoms with van der Waals surface area (Å²) in [6, 6.07) is 0. The minimum atomic E-state index is -0.310. The van der Waals surface area contributed by atoms with E-state index in [0.717, 1.165) is 29.1 Å². The van der Waals surface area contributed by atoms with Crippen molar-refractivity contribution < 1.29 is 9.59 Å². The Hall–Kier alpha value is -2.85. The van der Waals surface area contributed by atoms with Gasteiger partial charge in [0.25, 0.3) is 5.91 Å². The van der Waals surface area contributed by atoms with E-state index >= 15 is 0 Å². The highest BCUT2D eigenvalue weighted by Crippen LogP contribution is 2.32. The first-order valence-electron chi connectivity index (χ1n) is 9.20. The third-order valence-electron chi connectivity index (χ3n) is 4.95. The number of nitrogens with one attached hydrogen (secondary N) is 3. The molecule has 0 fully saturated rings. The van der Waals surface area contributed by atoms with Crippen molar-refractivity contribution in [3.63, 3.8) is 0 Å². The molecule has 0 saturated heterocycles. The average molecular weight is 429 g/mol. The van der Waals surface area contributed by atoms with E-state index < -0.39 is 0 Å². The molecule has 0 radical (unpaired) electrons. The van der Waals surface area contributed by atoms with Crippen molar-refractivity contribution in [3.05, 3.63) is 45.6 Å². The topological polar surface area (TPSA) is 108 Å². The number of aromatic nitrogens is 5. The van der Waals surface area contributed by atoms with E-state index in [-0.39, 0.29) is 11.7 Å². The zero-order chi connectivity index (χ0) is 20.7.